The zero-order chi connectivity index (χ0) is 13.8. The Kier molecular flexibility index (Phi) is 4.74. The summed E-state index contributed by atoms with van der Waals surface area (Å²) >= 11 is 0. The predicted octanol–water partition coefficient (Wildman–Crippen LogP) is 3.86. The second-order valence-corrected chi connectivity index (χ2v) is 6.32. The fraction of sp³-hybridized carbons (Fsp3) is 0.667. The van der Waals surface area contributed by atoms with Crippen molar-refractivity contribution < 1.29 is 4.74 Å². The highest BCUT2D eigenvalue weighted by atomic mass is 16.5. The Balaban J connectivity index is 1.71. The van der Waals surface area contributed by atoms with Crippen LogP contribution in [-0.4, -0.2) is 19.2 Å². The van der Waals surface area contributed by atoms with Gasteiger partial charge in [-0.25, -0.2) is 0 Å². The zero-order valence-corrected chi connectivity index (χ0v) is 12.6. The Morgan fingerprint density at radius 2 is 2.15 bits per heavy atom. The van der Waals surface area contributed by atoms with Crippen LogP contribution in [0.15, 0.2) is 24.3 Å². The molecule has 1 aromatic rings. The molecule has 20 heavy (non-hydrogen) atoms. The molecule has 3 rings (SSSR count). The van der Waals surface area contributed by atoms with Gasteiger partial charge >= 0.3 is 0 Å². The molecule has 1 aromatic carbocycles. The summed E-state index contributed by atoms with van der Waals surface area (Å²) in [7, 11) is 0. The van der Waals surface area contributed by atoms with Crippen LogP contribution in [0.5, 0.6) is 0 Å². The van der Waals surface area contributed by atoms with Gasteiger partial charge in [0.1, 0.15) is 0 Å². The summed E-state index contributed by atoms with van der Waals surface area (Å²) in [4.78, 5) is 0. The molecule has 1 saturated carbocycles. The molecule has 1 N–H and O–H groups in total. The zero-order valence-electron chi connectivity index (χ0n) is 12.6. The maximum absolute atomic E-state index is 6.15. The summed E-state index contributed by atoms with van der Waals surface area (Å²) in [5.41, 5.74) is 2.90. The molecule has 0 aromatic heterocycles. The fourth-order valence-electron chi connectivity index (χ4n) is 3.27. The number of hydrogen-bond acceptors (Lipinski definition) is 2. The van der Waals surface area contributed by atoms with Crippen molar-refractivity contribution in [2.45, 2.75) is 57.6 Å². The molecule has 1 fully saturated rings. The van der Waals surface area contributed by atoms with Gasteiger partial charge in [0, 0.05) is 6.04 Å². The third-order valence-electron chi connectivity index (χ3n) is 4.64. The lowest BCUT2D eigenvalue weighted by Crippen LogP contribution is -2.39. The molecule has 0 saturated heterocycles. The first kappa shape index (κ1) is 14.1. The third kappa shape index (κ3) is 3.42. The van der Waals surface area contributed by atoms with E-state index in [9.17, 15) is 0 Å². The smallest absolute Gasteiger partial charge is 0.0980 e. The molecule has 2 unspecified atom stereocenters. The molecular weight excluding hydrogens is 246 g/mol. The number of nitrogens with one attached hydrogen (secondary N) is 1. The van der Waals surface area contributed by atoms with Crippen molar-refractivity contribution in [1.29, 1.82) is 0 Å². The minimum atomic E-state index is 0.255. The van der Waals surface area contributed by atoms with Gasteiger partial charge in [0.2, 0.25) is 0 Å². The van der Waals surface area contributed by atoms with Crippen molar-refractivity contribution in [2.75, 3.05) is 13.2 Å². The maximum atomic E-state index is 6.15. The third-order valence-corrected chi connectivity index (χ3v) is 4.64. The van der Waals surface area contributed by atoms with E-state index in [0.29, 0.717) is 6.04 Å². The Bertz CT molecular complexity index is 427. The van der Waals surface area contributed by atoms with Gasteiger partial charge in [0.25, 0.3) is 0 Å². The first-order valence-corrected chi connectivity index (χ1v) is 8.31. The van der Waals surface area contributed by atoms with Crippen molar-refractivity contribution in [2.24, 2.45) is 5.92 Å². The van der Waals surface area contributed by atoms with Crippen LogP contribution in [0.3, 0.4) is 0 Å². The van der Waals surface area contributed by atoms with E-state index in [2.05, 4.69) is 36.5 Å². The lowest BCUT2D eigenvalue weighted by Gasteiger charge is -2.33. The normalized spacial score (nSPS) is 23.4. The van der Waals surface area contributed by atoms with Crippen LogP contribution < -0.4 is 5.32 Å². The van der Waals surface area contributed by atoms with Crippen molar-refractivity contribution >= 4 is 0 Å². The molecule has 1 aliphatic heterocycles. The number of hydrogen-bond donors (Lipinski definition) is 1. The van der Waals surface area contributed by atoms with E-state index in [4.69, 9.17) is 4.74 Å². The highest BCUT2D eigenvalue weighted by molar-refractivity contribution is 5.32. The molecule has 0 radical (unpaired) electrons. The van der Waals surface area contributed by atoms with Crippen molar-refractivity contribution in [3.05, 3.63) is 35.4 Å². The van der Waals surface area contributed by atoms with Crippen molar-refractivity contribution in [3.8, 4) is 0 Å². The lowest BCUT2D eigenvalue weighted by molar-refractivity contribution is 0.0125. The van der Waals surface area contributed by atoms with E-state index in [1.165, 1.54) is 43.2 Å². The highest BCUT2D eigenvalue weighted by Crippen LogP contribution is 2.37. The fourth-order valence-corrected chi connectivity index (χ4v) is 3.27. The second-order valence-electron chi connectivity index (χ2n) is 6.32. The van der Waals surface area contributed by atoms with Crippen LogP contribution in [0.1, 0.15) is 56.3 Å². The summed E-state index contributed by atoms with van der Waals surface area (Å²) in [5, 5.41) is 3.74. The lowest BCUT2D eigenvalue weighted by atomic mass is 9.90. The summed E-state index contributed by atoms with van der Waals surface area (Å²) in [6.45, 7) is 4.20. The van der Waals surface area contributed by atoms with Crippen LogP contribution in [0.25, 0.3) is 0 Å². The average molecular weight is 273 g/mol. The van der Waals surface area contributed by atoms with Crippen molar-refractivity contribution in [1.82, 2.24) is 5.32 Å². The van der Waals surface area contributed by atoms with Gasteiger partial charge < -0.3 is 10.1 Å². The predicted molar refractivity (Wildman–Crippen MR) is 82.9 cm³/mol. The van der Waals surface area contributed by atoms with E-state index < -0.39 is 0 Å². The van der Waals surface area contributed by atoms with Crippen molar-refractivity contribution in [3.63, 3.8) is 0 Å². The van der Waals surface area contributed by atoms with Gasteiger partial charge in [-0.2, -0.15) is 0 Å². The van der Waals surface area contributed by atoms with Gasteiger partial charge in [-0.05, 0) is 49.3 Å². The monoisotopic (exact) mass is 273 g/mol. The van der Waals surface area contributed by atoms with Crippen LogP contribution in [-0.2, 0) is 11.2 Å². The van der Waals surface area contributed by atoms with Crippen LogP contribution in [0.2, 0.25) is 0 Å². The van der Waals surface area contributed by atoms with Gasteiger partial charge in [0.05, 0.1) is 12.7 Å². The summed E-state index contributed by atoms with van der Waals surface area (Å²) in [5.74, 6) is 1.000. The topological polar surface area (TPSA) is 21.3 Å². The number of ether oxygens (including phenoxy) is 1. The molecule has 0 spiro atoms. The Morgan fingerprint density at radius 1 is 1.30 bits per heavy atom. The highest BCUT2D eigenvalue weighted by Gasteiger charge is 2.30. The summed E-state index contributed by atoms with van der Waals surface area (Å²) in [6, 6.07) is 9.31. The van der Waals surface area contributed by atoms with E-state index in [1.54, 1.807) is 0 Å². The van der Waals surface area contributed by atoms with E-state index in [0.717, 1.165) is 25.5 Å². The van der Waals surface area contributed by atoms with Crippen LogP contribution in [0.4, 0.5) is 0 Å². The molecule has 2 atom stereocenters. The van der Waals surface area contributed by atoms with E-state index in [-0.39, 0.29) is 6.10 Å². The molecule has 1 aliphatic carbocycles. The first-order chi connectivity index (χ1) is 9.88. The Hall–Kier alpha value is -0.860. The van der Waals surface area contributed by atoms with Gasteiger partial charge in [-0.1, -0.05) is 44.0 Å². The Labute approximate surface area is 122 Å². The summed E-state index contributed by atoms with van der Waals surface area (Å²) in [6.07, 6.45) is 8.02. The van der Waals surface area contributed by atoms with Gasteiger partial charge in [-0.3, -0.25) is 0 Å². The molecule has 110 valence electrons. The molecule has 2 heteroatoms. The van der Waals surface area contributed by atoms with E-state index in [1.807, 2.05) is 0 Å². The second kappa shape index (κ2) is 6.73. The molecular formula is C18H27NO. The molecule has 1 heterocycles. The molecule has 2 nitrogen and oxygen atoms in total. The SMILES string of the molecule is CCCNC(CCC1CC1)C1OCCc2ccccc21. The molecule has 2 aliphatic rings. The van der Waals surface area contributed by atoms with Gasteiger partial charge in [0.15, 0.2) is 0 Å². The number of benzene rings is 1. The minimum absolute atomic E-state index is 0.255. The Morgan fingerprint density at radius 3 is 2.95 bits per heavy atom. The molecule has 0 amide bonds. The standard InChI is InChI=1S/C18H27NO/c1-2-12-19-17(10-9-14-7-8-14)18-16-6-4-3-5-15(16)11-13-20-18/h3-6,14,17-19H,2,7-13H2,1H3. The number of rotatable bonds is 7. The first-order valence-electron chi connectivity index (χ1n) is 8.31. The maximum Gasteiger partial charge on any atom is 0.0980 e. The van der Waals surface area contributed by atoms with E-state index >= 15 is 0 Å². The quantitative estimate of drug-likeness (QED) is 0.814. The summed E-state index contributed by atoms with van der Waals surface area (Å²) < 4.78 is 6.15. The van der Waals surface area contributed by atoms with Crippen LogP contribution >= 0.6 is 0 Å². The average Bonchev–Trinajstić information content (AvgIpc) is 3.31. The minimum Gasteiger partial charge on any atom is -0.372 e. The van der Waals surface area contributed by atoms with Gasteiger partial charge in [-0.15, -0.1) is 0 Å². The number of fused-ring (bicyclic) bond motifs is 1. The molecule has 0 bridgehead atoms. The largest absolute Gasteiger partial charge is 0.372 e. The van der Waals surface area contributed by atoms with Crippen LogP contribution in [0, 0.1) is 5.92 Å².